The van der Waals surface area contributed by atoms with Gasteiger partial charge < -0.3 is 4.42 Å². The highest BCUT2D eigenvalue weighted by molar-refractivity contribution is 6.34. The normalized spacial score (nSPS) is 13.5. The molecule has 1 heterocycles. The van der Waals surface area contributed by atoms with Crippen LogP contribution in [0.4, 0.5) is 0 Å². The Kier molecular flexibility index (Phi) is 2.18. The minimum atomic E-state index is -0.233. The van der Waals surface area contributed by atoms with Gasteiger partial charge in [-0.3, -0.25) is 0 Å². The topological polar surface area (TPSA) is 26.0 Å². The second-order valence-corrected chi connectivity index (χ2v) is 3.82. The van der Waals surface area contributed by atoms with E-state index in [-0.39, 0.29) is 5.38 Å². The van der Waals surface area contributed by atoms with Gasteiger partial charge in [-0.2, -0.15) is 0 Å². The standard InChI is InChI=1S/C9H7Cl2NO/c1-5(10)9-12-7-4-2-3-6(11)8(7)13-9/h2-5H,1H3. The Morgan fingerprint density at radius 1 is 1.46 bits per heavy atom. The fourth-order valence-corrected chi connectivity index (χ4v) is 1.40. The smallest absolute Gasteiger partial charge is 0.213 e. The molecule has 0 spiro atoms. The summed E-state index contributed by atoms with van der Waals surface area (Å²) in [6.45, 7) is 1.81. The van der Waals surface area contributed by atoms with Gasteiger partial charge in [0.15, 0.2) is 5.58 Å². The van der Waals surface area contributed by atoms with Gasteiger partial charge in [0.05, 0.1) is 5.02 Å². The fourth-order valence-electron chi connectivity index (χ4n) is 1.10. The summed E-state index contributed by atoms with van der Waals surface area (Å²) in [7, 11) is 0. The van der Waals surface area contributed by atoms with Gasteiger partial charge in [0.2, 0.25) is 5.89 Å². The lowest BCUT2D eigenvalue weighted by molar-refractivity contribution is 0.531. The minimum absolute atomic E-state index is 0.233. The minimum Gasteiger partial charge on any atom is -0.438 e. The summed E-state index contributed by atoms with van der Waals surface area (Å²) < 4.78 is 5.39. The number of rotatable bonds is 1. The molecule has 68 valence electrons. The SMILES string of the molecule is CC(Cl)c1nc2cccc(Cl)c2o1. The van der Waals surface area contributed by atoms with Crippen molar-refractivity contribution in [2.24, 2.45) is 0 Å². The molecule has 0 bridgehead atoms. The summed E-state index contributed by atoms with van der Waals surface area (Å²) in [5.74, 6) is 0.504. The van der Waals surface area contributed by atoms with E-state index in [1.54, 1.807) is 13.0 Å². The Labute approximate surface area is 85.5 Å². The van der Waals surface area contributed by atoms with Crippen molar-refractivity contribution in [2.75, 3.05) is 0 Å². The quantitative estimate of drug-likeness (QED) is 0.678. The molecule has 2 nitrogen and oxygen atoms in total. The summed E-state index contributed by atoms with van der Waals surface area (Å²) >= 11 is 11.7. The van der Waals surface area contributed by atoms with Crippen molar-refractivity contribution in [3.63, 3.8) is 0 Å². The van der Waals surface area contributed by atoms with E-state index in [4.69, 9.17) is 27.6 Å². The molecule has 1 aromatic carbocycles. The number of fused-ring (bicyclic) bond motifs is 1. The van der Waals surface area contributed by atoms with Gasteiger partial charge >= 0.3 is 0 Å². The molecule has 0 aliphatic heterocycles. The summed E-state index contributed by atoms with van der Waals surface area (Å²) in [6.07, 6.45) is 0. The molecular weight excluding hydrogens is 209 g/mol. The van der Waals surface area contributed by atoms with Crippen molar-refractivity contribution in [1.29, 1.82) is 0 Å². The van der Waals surface area contributed by atoms with Crippen LogP contribution in [0.1, 0.15) is 18.2 Å². The number of alkyl halides is 1. The lowest BCUT2D eigenvalue weighted by atomic mass is 10.3. The van der Waals surface area contributed by atoms with Crippen LogP contribution in [0.15, 0.2) is 22.6 Å². The number of hydrogen-bond acceptors (Lipinski definition) is 2. The molecule has 0 saturated heterocycles. The van der Waals surface area contributed by atoms with E-state index >= 15 is 0 Å². The number of aromatic nitrogens is 1. The molecule has 0 radical (unpaired) electrons. The van der Waals surface area contributed by atoms with E-state index in [1.807, 2.05) is 12.1 Å². The van der Waals surface area contributed by atoms with Crippen LogP contribution in [0.3, 0.4) is 0 Å². The highest BCUT2D eigenvalue weighted by Crippen LogP contribution is 2.28. The number of para-hydroxylation sites is 1. The number of halogens is 2. The Morgan fingerprint density at radius 3 is 2.85 bits per heavy atom. The second kappa shape index (κ2) is 3.20. The third-order valence-corrected chi connectivity index (χ3v) is 2.21. The molecule has 1 atom stereocenters. The van der Waals surface area contributed by atoms with Gasteiger partial charge in [-0.1, -0.05) is 17.7 Å². The van der Waals surface area contributed by atoms with E-state index in [0.717, 1.165) is 5.52 Å². The van der Waals surface area contributed by atoms with Crippen molar-refractivity contribution in [3.8, 4) is 0 Å². The van der Waals surface area contributed by atoms with Gasteiger partial charge in [0, 0.05) is 0 Å². The maximum Gasteiger partial charge on any atom is 0.213 e. The fraction of sp³-hybridized carbons (Fsp3) is 0.222. The lowest BCUT2D eigenvalue weighted by Gasteiger charge is -1.91. The van der Waals surface area contributed by atoms with E-state index in [0.29, 0.717) is 16.5 Å². The van der Waals surface area contributed by atoms with Crippen molar-refractivity contribution >= 4 is 34.3 Å². The van der Waals surface area contributed by atoms with Crippen molar-refractivity contribution in [2.45, 2.75) is 12.3 Å². The molecule has 4 heteroatoms. The highest BCUT2D eigenvalue weighted by Gasteiger charge is 2.11. The van der Waals surface area contributed by atoms with Crippen LogP contribution in [-0.2, 0) is 0 Å². The predicted octanol–water partition coefficient (Wildman–Crippen LogP) is 3.78. The van der Waals surface area contributed by atoms with Gasteiger partial charge in [-0.15, -0.1) is 11.6 Å². The Morgan fingerprint density at radius 2 is 2.23 bits per heavy atom. The third-order valence-electron chi connectivity index (χ3n) is 1.72. The van der Waals surface area contributed by atoms with Crippen LogP contribution in [0.5, 0.6) is 0 Å². The molecule has 1 unspecified atom stereocenters. The lowest BCUT2D eigenvalue weighted by Crippen LogP contribution is -1.81. The van der Waals surface area contributed by atoms with E-state index in [2.05, 4.69) is 4.98 Å². The highest BCUT2D eigenvalue weighted by atomic mass is 35.5. The number of nitrogens with zero attached hydrogens (tertiary/aromatic N) is 1. The van der Waals surface area contributed by atoms with Gasteiger partial charge in [0.25, 0.3) is 0 Å². The summed E-state index contributed by atoms with van der Waals surface area (Å²) in [6, 6.07) is 5.43. The molecule has 0 aliphatic rings. The zero-order chi connectivity index (χ0) is 9.42. The molecule has 2 aromatic rings. The molecule has 0 fully saturated rings. The molecular formula is C9H7Cl2NO. The van der Waals surface area contributed by atoms with E-state index in [1.165, 1.54) is 0 Å². The van der Waals surface area contributed by atoms with Crippen LogP contribution >= 0.6 is 23.2 Å². The van der Waals surface area contributed by atoms with Gasteiger partial charge in [0.1, 0.15) is 10.9 Å². The maximum atomic E-state index is 5.90. The summed E-state index contributed by atoms with van der Waals surface area (Å²) in [5.41, 5.74) is 1.35. The van der Waals surface area contributed by atoms with Gasteiger partial charge in [-0.25, -0.2) is 4.98 Å². The first kappa shape index (κ1) is 8.85. The Bertz CT molecular complexity index is 436. The van der Waals surface area contributed by atoms with E-state index in [9.17, 15) is 0 Å². The van der Waals surface area contributed by atoms with Crippen molar-refractivity contribution in [3.05, 3.63) is 29.1 Å². The van der Waals surface area contributed by atoms with Crippen molar-refractivity contribution < 1.29 is 4.42 Å². The zero-order valence-electron chi connectivity index (χ0n) is 6.92. The average Bonchev–Trinajstić information content (AvgIpc) is 2.49. The second-order valence-electron chi connectivity index (χ2n) is 2.76. The maximum absolute atomic E-state index is 5.90. The number of benzene rings is 1. The molecule has 0 N–H and O–H groups in total. The molecule has 0 saturated carbocycles. The van der Waals surface area contributed by atoms with Crippen LogP contribution in [0.2, 0.25) is 5.02 Å². The monoisotopic (exact) mass is 215 g/mol. The van der Waals surface area contributed by atoms with Crippen LogP contribution in [0.25, 0.3) is 11.1 Å². The predicted molar refractivity (Wildman–Crippen MR) is 53.3 cm³/mol. The van der Waals surface area contributed by atoms with Crippen LogP contribution in [0, 0.1) is 0 Å². The van der Waals surface area contributed by atoms with Crippen LogP contribution < -0.4 is 0 Å². The van der Waals surface area contributed by atoms with Crippen LogP contribution in [-0.4, -0.2) is 4.98 Å². The van der Waals surface area contributed by atoms with E-state index < -0.39 is 0 Å². The first-order chi connectivity index (χ1) is 6.18. The summed E-state index contributed by atoms with van der Waals surface area (Å²) in [5, 5.41) is 0.331. The Hall–Kier alpha value is -0.730. The first-order valence-corrected chi connectivity index (χ1v) is 4.69. The largest absolute Gasteiger partial charge is 0.438 e. The van der Waals surface area contributed by atoms with Gasteiger partial charge in [-0.05, 0) is 19.1 Å². The molecule has 2 rings (SSSR count). The molecule has 0 aliphatic carbocycles. The molecule has 13 heavy (non-hydrogen) atoms. The molecule has 0 amide bonds. The zero-order valence-corrected chi connectivity index (χ0v) is 8.43. The Balaban J connectivity index is 2.68. The first-order valence-electron chi connectivity index (χ1n) is 3.87. The summed E-state index contributed by atoms with van der Waals surface area (Å²) in [4.78, 5) is 4.19. The number of oxazole rings is 1. The number of hydrogen-bond donors (Lipinski definition) is 0. The average molecular weight is 216 g/mol. The molecule has 1 aromatic heterocycles. The third kappa shape index (κ3) is 1.52. The van der Waals surface area contributed by atoms with Crippen molar-refractivity contribution in [1.82, 2.24) is 4.98 Å².